The Morgan fingerprint density at radius 3 is 2.62 bits per heavy atom. The Hall–Kier alpha value is -2.88. The van der Waals surface area contributed by atoms with Crippen LogP contribution in [0.1, 0.15) is 5.56 Å². The van der Waals surface area contributed by atoms with E-state index in [0.29, 0.717) is 11.9 Å². The van der Waals surface area contributed by atoms with Gasteiger partial charge in [-0.15, -0.1) is 0 Å². The summed E-state index contributed by atoms with van der Waals surface area (Å²) in [6.07, 6.45) is 5.98. The molecule has 0 saturated heterocycles. The SMILES string of the molecule is O=[N+]([O-])c1cccc2c1ccn2C/C=C/c1ccccc1. The van der Waals surface area contributed by atoms with Crippen molar-refractivity contribution < 1.29 is 4.92 Å². The highest BCUT2D eigenvalue weighted by atomic mass is 16.6. The lowest BCUT2D eigenvalue weighted by atomic mass is 10.2. The van der Waals surface area contributed by atoms with E-state index in [1.807, 2.05) is 59.3 Å². The number of aromatic nitrogens is 1. The standard InChI is InChI=1S/C17H14N2O2/c20-19(21)17-10-4-9-16-15(17)11-13-18(16)12-5-8-14-6-2-1-3-7-14/h1-11,13H,12H2/b8-5+. The fourth-order valence-electron chi connectivity index (χ4n) is 2.39. The van der Waals surface area contributed by atoms with E-state index in [1.54, 1.807) is 12.1 Å². The fraction of sp³-hybridized carbons (Fsp3) is 0.0588. The van der Waals surface area contributed by atoms with Gasteiger partial charge < -0.3 is 4.57 Å². The number of nitrogens with zero attached hydrogens (tertiary/aromatic N) is 2. The highest BCUT2D eigenvalue weighted by molar-refractivity contribution is 5.89. The van der Waals surface area contributed by atoms with Crippen LogP contribution in [0.2, 0.25) is 0 Å². The van der Waals surface area contributed by atoms with Gasteiger partial charge in [0.2, 0.25) is 0 Å². The van der Waals surface area contributed by atoms with Crippen LogP contribution in [-0.4, -0.2) is 9.49 Å². The van der Waals surface area contributed by atoms with Gasteiger partial charge in [-0.3, -0.25) is 10.1 Å². The molecule has 3 rings (SSSR count). The Morgan fingerprint density at radius 1 is 1.05 bits per heavy atom. The van der Waals surface area contributed by atoms with Crippen LogP contribution in [0.25, 0.3) is 17.0 Å². The molecule has 0 amide bonds. The Bertz CT molecular complexity index is 804. The van der Waals surface area contributed by atoms with E-state index in [-0.39, 0.29) is 10.6 Å². The minimum Gasteiger partial charge on any atom is -0.343 e. The third-order valence-corrected chi connectivity index (χ3v) is 3.40. The topological polar surface area (TPSA) is 48.1 Å². The Kier molecular flexibility index (Phi) is 3.51. The lowest BCUT2D eigenvalue weighted by molar-refractivity contribution is -0.383. The summed E-state index contributed by atoms with van der Waals surface area (Å²) in [6.45, 7) is 0.680. The molecule has 0 aliphatic heterocycles. The van der Waals surface area contributed by atoms with Crippen molar-refractivity contribution in [2.24, 2.45) is 0 Å². The first kappa shape index (κ1) is 13.1. The second kappa shape index (κ2) is 5.63. The van der Waals surface area contributed by atoms with Gasteiger partial charge in [0.1, 0.15) is 0 Å². The van der Waals surface area contributed by atoms with E-state index >= 15 is 0 Å². The van der Waals surface area contributed by atoms with Crippen molar-refractivity contribution in [3.8, 4) is 0 Å². The molecule has 0 atom stereocenters. The van der Waals surface area contributed by atoms with Crippen LogP contribution in [0.3, 0.4) is 0 Å². The normalized spacial score (nSPS) is 11.2. The van der Waals surface area contributed by atoms with Gasteiger partial charge in [-0.2, -0.15) is 0 Å². The second-order valence-electron chi connectivity index (χ2n) is 4.75. The molecular weight excluding hydrogens is 264 g/mol. The van der Waals surface area contributed by atoms with Crippen molar-refractivity contribution in [3.05, 3.63) is 82.5 Å². The van der Waals surface area contributed by atoms with Crippen molar-refractivity contribution >= 4 is 22.7 Å². The van der Waals surface area contributed by atoms with Gasteiger partial charge in [-0.1, -0.05) is 48.6 Å². The van der Waals surface area contributed by atoms with Gasteiger partial charge in [0.05, 0.1) is 15.8 Å². The lowest BCUT2D eigenvalue weighted by Crippen LogP contribution is -1.93. The summed E-state index contributed by atoms with van der Waals surface area (Å²) in [5.41, 5.74) is 2.17. The molecular formula is C17H14N2O2. The van der Waals surface area contributed by atoms with Crippen LogP contribution in [0, 0.1) is 10.1 Å². The number of nitro benzene ring substituents is 1. The molecule has 2 aromatic carbocycles. The van der Waals surface area contributed by atoms with Crippen LogP contribution in [0.15, 0.2) is 66.9 Å². The van der Waals surface area contributed by atoms with E-state index in [2.05, 4.69) is 0 Å². The van der Waals surface area contributed by atoms with Gasteiger partial charge in [0, 0.05) is 18.8 Å². The molecule has 0 fully saturated rings. The van der Waals surface area contributed by atoms with Crippen LogP contribution in [0.5, 0.6) is 0 Å². The zero-order valence-electron chi connectivity index (χ0n) is 11.3. The molecule has 21 heavy (non-hydrogen) atoms. The van der Waals surface area contributed by atoms with E-state index < -0.39 is 0 Å². The molecule has 1 aromatic heterocycles. The fourth-order valence-corrected chi connectivity index (χ4v) is 2.39. The van der Waals surface area contributed by atoms with E-state index in [0.717, 1.165) is 11.1 Å². The third-order valence-electron chi connectivity index (χ3n) is 3.40. The van der Waals surface area contributed by atoms with Crippen LogP contribution >= 0.6 is 0 Å². The minimum absolute atomic E-state index is 0.151. The number of hydrogen-bond donors (Lipinski definition) is 0. The zero-order valence-corrected chi connectivity index (χ0v) is 11.3. The highest BCUT2D eigenvalue weighted by Crippen LogP contribution is 2.26. The van der Waals surface area contributed by atoms with Gasteiger partial charge >= 0.3 is 0 Å². The number of fused-ring (bicyclic) bond motifs is 1. The zero-order chi connectivity index (χ0) is 14.7. The molecule has 4 nitrogen and oxygen atoms in total. The van der Waals surface area contributed by atoms with Gasteiger partial charge in [-0.25, -0.2) is 0 Å². The molecule has 4 heteroatoms. The minimum atomic E-state index is -0.341. The van der Waals surface area contributed by atoms with Gasteiger partial charge in [0.25, 0.3) is 5.69 Å². The second-order valence-corrected chi connectivity index (χ2v) is 4.75. The molecule has 104 valence electrons. The van der Waals surface area contributed by atoms with E-state index in [4.69, 9.17) is 0 Å². The summed E-state index contributed by atoms with van der Waals surface area (Å²) >= 11 is 0. The lowest BCUT2D eigenvalue weighted by Gasteiger charge is -2.01. The molecule has 0 saturated carbocycles. The predicted molar refractivity (Wildman–Crippen MR) is 84.1 cm³/mol. The van der Waals surface area contributed by atoms with Crippen molar-refractivity contribution in [2.75, 3.05) is 0 Å². The average Bonchev–Trinajstić information content (AvgIpc) is 2.91. The number of allylic oxidation sites excluding steroid dienone is 1. The summed E-state index contributed by atoms with van der Waals surface area (Å²) in [4.78, 5) is 10.7. The maximum absolute atomic E-state index is 11.0. The smallest absolute Gasteiger partial charge is 0.278 e. The highest BCUT2D eigenvalue weighted by Gasteiger charge is 2.12. The summed E-state index contributed by atoms with van der Waals surface area (Å²) in [5.74, 6) is 0. The summed E-state index contributed by atoms with van der Waals surface area (Å²) in [5, 5.41) is 11.7. The maximum Gasteiger partial charge on any atom is 0.278 e. The number of nitro groups is 1. The third kappa shape index (κ3) is 2.69. The van der Waals surface area contributed by atoms with Crippen molar-refractivity contribution in [3.63, 3.8) is 0 Å². The Labute approximate surface area is 122 Å². The molecule has 0 spiro atoms. The molecule has 0 unspecified atom stereocenters. The average molecular weight is 278 g/mol. The first-order chi connectivity index (χ1) is 10.3. The molecule has 1 heterocycles. The molecule has 0 bridgehead atoms. The molecule has 0 radical (unpaired) electrons. The molecule has 0 aliphatic carbocycles. The molecule has 3 aromatic rings. The number of hydrogen-bond acceptors (Lipinski definition) is 2. The first-order valence-corrected chi connectivity index (χ1v) is 6.69. The van der Waals surface area contributed by atoms with Gasteiger partial charge in [-0.05, 0) is 17.7 Å². The van der Waals surface area contributed by atoms with Crippen molar-refractivity contribution in [1.82, 2.24) is 4.57 Å². The Balaban J connectivity index is 1.87. The van der Waals surface area contributed by atoms with Crippen LogP contribution in [-0.2, 0) is 6.54 Å². The summed E-state index contributed by atoms with van der Waals surface area (Å²) < 4.78 is 2.00. The van der Waals surface area contributed by atoms with E-state index in [9.17, 15) is 10.1 Å². The quantitative estimate of drug-likeness (QED) is 0.528. The maximum atomic E-state index is 11.0. The predicted octanol–water partition coefficient (Wildman–Crippen LogP) is 4.26. The largest absolute Gasteiger partial charge is 0.343 e. The van der Waals surface area contributed by atoms with Crippen LogP contribution < -0.4 is 0 Å². The summed E-state index contributed by atoms with van der Waals surface area (Å²) in [6, 6.07) is 17.0. The number of benzene rings is 2. The monoisotopic (exact) mass is 278 g/mol. The Morgan fingerprint density at radius 2 is 1.86 bits per heavy atom. The van der Waals surface area contributed by atoms with Crippen molar-refractivity contribution in [1.29, 1.82) is 0 Å². The number of rotatable bonds is 4. The van der Waals surface area contributed by atoms with Crippen molar-refractivity contribution in [2.45, 2.75) is 6.54 Å². The first-order valence-electron chi connectivity index (χ1n) is 6.69. The van der Waals surface area contributed by atoms with E-state index in [1.165, 1.54) is 6.07 Å². The molecule has 0 aliphatic rings. The summed E-state index contributed by atoms with van der Waals surface area (Å²) in [7, 11) is 0. The molecule has 0 N–H and O–H groups in total. The number of non-ortho nitro benzene ring substituents is 1. The van der Waals surface area contributed by atoms with Crippen LogP contribution in [0.4, 0.5) is 5.69 Å². The van der Waals surface area contributed by atoms with Gasteiger partial charge in [0.15, 0.2) is 0 Å².